The molecule has 0 fully saturated rings. The molecule has 5 nitrogen and oxygen atoms in total. The van der Waals surface area contributed by atoms with Gasteiger partial charge < -0.3 is 15.5 Å². The van der Waals surface area contributed by atoms with Crippen molar-refractivity contribution in [2.24, 2.45) is 11.7 Å². The predicted molar refractivity (Wildman–Crippen MR) is 81.5 cm³/mol. The van der Waals surface area contributed by atoms with Gasteiger partial charge in [-0.2, -0.15) is 0 Å². The number of nitrogens with two attached hydrogens (primary N) is 1. The standard InChI is InChI=1S/C13H20N4OS/c1-9(12(14)19)8-17(4)10-5-6-15-11(7-10)13(18)16(2)3/h5-7,9H,8H2,1-4H3,(H2,14,19). The molecule has 0 spiro atoms. The summed E-state index contributed by atoms with van der Waals surface area (Å²) in [7, 11) is 5.35. The molecule has 1 rings (SSSR count). The summed E-state index contributed by atoms with van der Waals surface area (Å²) >= 11 is 4.97. The van der Waals surface area contributed by atoms with Crippen molar-refractivity contribution in [2.75, 3.05) is 32.6 Å². The van der Waals surface area contributed by atoms with Gasteiger partial charge in [0.25, 0.3) is 5.91 Å². The Labute approximate surface area is 119 Å². The first-order valence-electron chi connectivity index (χ1n) is 6.01. The summed E-state index contributed by atoms with van der Waals surface area (Å²) in [6.07, 6.45) is 1.63. The van der Waals surface area contributed by atoms with Gasteiger partial charge in [0.15, 0.2) is 0 Å². The van der Waals surface area contributed by atoms with Crippen LogP contribution < -0.4 is 10.6 Å². The molecule has 1 heterocycles. The van der Waals surface area contributed by atoms with Crippen molar-refractivity contribution >= 4 is 28.8 Å². The summed E-state index contributed by atoms with van der Waals surface area (Å²) in [5.41, 5.74) is 6.96. The minimum absolute atomic E-state index is 0.112. The Hall–Kier alpha value is -1.69. The van der Waals surface area contributed by atoms with Gasteiger partial charge in [0.05, 0.1) is 4.99 Å². The van der Waals surface area contributed by atoms with Crippen LogP contribution in [0.3, 0.4) is 0 Å². The topological polar surface area (TPSA) is 62.5 Å². The van der Waals surface area contributed by atoms with E-state index in [1.165, 1.54) is 4.90 Å². The maximum Gasteiger partial charge on any atom is 0.272 e. The van der Waals surface area contributed by atoms with Crippen LogP contribution in [0, 0.1) is 5.92 Å². The fraction of sp³-hybridized carbons (Fsp3) is 0.462. The number of amides is 1. The van der Waals surface area contributed by atoms with Gasteiger partial charge in [-0.05, 0) is 12.1 Å². The molecule has 1 aromatic rings. The highest BCUT2D eigenvalue weighted by molar-refractivity contribution is 7.80. The van der Waals surface area contributed by atoms with E-state index in [1.54, 1.807) is 26.4 Å². The van der Waals surface area contributed by atoms with Crippen molar-refractivity contribution in [2.45, 2.75) is 6.92 Å². The molecular weight excluding hydrogens is 260 g/mol. The first-order chi connectivity index (χ1) is 8.82. The van der Waals surface area contributed by atoms with Crippen molar-refractivity contribution < 1.29 is 4.79 Å². The lowest BCUT2D eigenvalue weighted by molar-refractivity contribution is 0.0822. The van der Waals surface area contributed by atoms with Crippen molar-refractivity contribution in [1.82, 2.24) is 9.88 Å². The second-order valence-corrected chi connectivity index (χ2v) is 5.25. The van der Waals surface area contributed by atoms with Gasteiger partial charge in [-0.15, -0.1) is 0 Å². The molecule has 0 aliphatic rings. The van der Waals surface area contributed by atoms with Crippen LogP contribution in [-0.2, 0) is 0 Å². The highest BCUT2D eigenvalue weighted by Crippen LogP contribution is 2.15. The molecular formula is C13H20N4OS. The molecule has 1 aromatic heterocycles. The van der Waals surface area contributed by atoms with E-state index in [0.29, 0.717) is 17.2 Å². The average Bonchev–Trinajstić information content (AvgIpc) is 2.37. The van der Waals surface area contributed by atoms with Gasteiger partial charge >= 0.3 is 0 Å². The van der Waals surface area contributed by atoms with E-state index in [-0.39, 0.29) is 11.8 Å². The molecule has 1 amide bonds. The largest absolute Gasteiger partial charge is 0.393 e. The summed E-state index contributed by atoms with van der Waals surface area (Å²) < 4.78 is 0. The SMILES string of the molecule is CC(CN(C)c1ccnc(C(=O)N(C)C)c1)C(N)=S. The number of aromatic nitrogens is 1. The third-order valence-corrected chi connectivity index (χ3v) is 3.25. The molecule has 104 valence electrons. The summed E-state index contributed by atoms with van der Waals surface area (Å²) in [6.45, 7) is 2.68. The van der Waals surface area contributed by atoms with Crippen LogP contribution in [0.5, 0.6) is 0 Å². The third kappa shape index (κ3) is 4.17. The molecule has 0 aliphatic carbocycles. The third-order valence-electron chi connectivity index (χ3n) is 2.84. The lowest BCUT2D eigenvalue weighted by atomic mass is 10.1. The summed E-state index contributed by atoms with van der Waals surface area (Å²) in [6, 6.07) is 3.63. The smallest absolute Gasteiger partial charge is 0.272 e. The van der Waals surface area contributed by atoms with Crippen molar-refractivity contribution in [3.63, 3.8) is 0 Å². The summed E-state index contributed by atoms with van der Waals surface area (Å²) in [5.74, 6) is -0.00110. The van der Waals surface area contributed by atoms with Crippen LogP contribution in [0.25, 0.3) is 0 Å². The molecule has 1 unspecified atom stereocenters. The number of rotatable bonds is 5. The number of hydrogen-bond donors (Lipinski definition) is 1. The maximum absolute atomic E-state index is 11.9. The zero-order valence-corrected chi connectivity index (χ0v) is 12.6. The van der Waals surface area contributed by atoms with Crippen molar-refractivity contribution in [1.29, 1.82) is 0 Å². The van der Waals surface area contributed by atoms with E-state index in [0.717, 1.165) is 5.69 Å². The van der Waals surface area contributed by atoms with Crippen LogP contribution in [0.2, 0.25) is 0 Å². The van der Waals surface area contributed by atoms with Gasteiger partial charge in [-0.3, -0.25) is 9.78 Å². The van der Waals surface area contributed by atoms with E-state index in [9.17, 15) is 4.79 Å². The first kappa shape index (κ1) is 15.4. The van der Waals surface area contributed by atoms with Gasteiger partial charge in [0.1, 0.15) is 5.69 Å². The van der Waals surface area contributed by atoms with Crippen molar-refractivity contribution in [3.05, 3.63) is 24.0 Å². The van der Waals surface area contributed by atoms with Gasteiger partial charge in [0.2, 0.25) is 0 Å². The Morgan fingerprint density at radius 3 is 2.63 bits per heavy atom. The summed E-state index contributed by atoms with van der Waals surface area (Å²) in [5, 5.41) is 0. The Balaban J connectivity index is 2.87. The zero-order chi connectivity index (χ0) is 14.6. The highest BCUT2D eigenvalue weighted by atomic mass is 32.1. The van der Waals surface area contributed by atoms with E-state index in [1.807, 2.05) is 24.9 Å². The Morgan fingerprint density at radius 1 is 1.47 bits per heavy atom. The van der Waals surface area contributed by atoms with Crippen LogP contribution >= 0.6 is 12.2 Å². The number of hydrogen-bond acceptors (Lipinski definition) is 4. The Morgan fingerprint density at radius 2 is 2.11 bits per heavy atom. The molecule has 2 N–H and O–H groups in total. The van der Waals surface area contributed by atoms with Crippen LogP contribution in [0.15, 0.2) is 18.3 Å². The van der Waals surface area contributed by atoms with E-state index in [4.69, 9.17) is 18.0 Å². The molecule has 0 saturated heterocycles. The maximum atomic E-state index is 11.9. The second kappa shape index (κ2) is 6.47. The Bertz CT molecular complexity index is 475. The second-order valence-electron chi connectivity index (χ2n) is 4.78. The molecule has 1 atom stereocenters. The Kier molecular flexibility index (Phi) is 5.23. The minimum atomic E-state index is -0.113. The molecule has 0 aliphatic heterocycles. The predicted octanol–water partition coefficient (Wildman–Crippen LogP) is 1.14. The van der Waals surface area contributed by atoms with Crippen molar-refractivity contribution in [3.8, 4) is 0 Å². The quantitative estimate of drug-likeness (QED) is 0.820. The minimum Gasteiger partial charge on any atom is -0.393 e. The molecule has 0 saturated carbocycles. The number of carbonyl (C=O) groups is 1. The van der Waals surface area contributed by atoms with Crippen LogP contribution in [-0.4, -0.2) is 48.5 Å². The van der Waals surface area contributed by atoms with Gasteiger partial charge in [-0.1, -0.05) is 19.1 Å². The van der Waals surface area contributed by atoms with E-state index < -0.39 is 0 Å². The molecule has 6 heteroatoms. The molecule has 0 aromatic carbocycles. The van der Waals surface area contributed by atoms with Gasteiger partial charge in [-0.25, -0.2) is 0 Å². The fourth-order valence-corrected chi connectivity index (χ4v) is 1.68. The zero-order valence-electron chi connectivity index (χ0n) is 11.8. The number of nitrogens with zero attached hydrogens (tertiary/aromatic N) is 3. The lowest BCUT2D eigenvalue weighted by Gasteiger charge is -2.23. The molecule has 19 heavy (non-hydrogen) atoms. The lowest BCUT2D eigenvalue weighted by Crippen LogP contribution is -2.31. The highest BCUT2D eigenvalue weighted by Gasteiger charge is 2.13. The molecule has 0 radical (unpaired) electrons. The van der Waals surface area contributed by atoms with Crippen LogP contribution in [0.1, 0.15) is 17.4 Å². The first-order valence-corrected chi connectivity index (χ1v) is 6.42. The monoisotopic (exact) mass is 280 g/mol. The number of anilines is 1. The normalized spacial score (nSPS) is 11.8. The fourth-order valence-electron chi connectivity index (χ4n) is 1.61. The average molecular weight is 280 g/mol. The number of pyridine rings is 1. The summed E-state index contributed by atoms with van der Waals surface area (Å²) in [4.78, 5) is 19.9. The number of thiocarbonyl (C=S) groups is 1. The van der Waals surface area contributed by atoms with Crippen LogP contribution in [0.4, 0.5) is 5.69 Å². The molecule has 0 bridgehead atoms. The van der Waals surface area contributed by atoms with Gasteiger partial charge in [0, 0.05) is 45.5 Å². The number of carbonyl (C=O) groups excluding carboxylic acids is 1. The van der Waals surface area contributed by atoms with E-state index >= 15 is 0 Å². The van der Waals surface area contributed by atoms with E-state index in [2.05, 4.69) is 4.98 Å².